The van der Waals surface area contributed by atoms with E-state index in [1.807, 2.05) is 35.9 Å². The number of aromatic amines is 1. The molecule has 0 bridgehead atoms. The van der Waals surface area contributed by atoms with E-state index in [2.05, 4.69) is 37.5 Å². The molecule has 4 heterocycles. The normalized spacial score (nSPS) is 19.6. The van der Waals surface area contributed by atoms with Crippen LogP contribution in [-0.4, -0.2) is 49.3 Å². The molecule has 1 saturated heterocycles. The summed E-state index contributed by atoms with van der Waals surface area (Å²) in [5.74, 6) is 1.52. The minimum absolute atomic E-state index is 0.0838. The third-order valence-corrected chi connectivity index (χ3v) is 7.52. The summed E-state index contributed by atoms with van der Waals surface area (Å²) in [6.45, 7) is 3.95. The van der Waals surface area contributed by atoms with Crippen molar-refractivity contribution in [2.24, 2.45) is 0 Å². The molecule has 4 aromatic rings. The van der Waals surface area contributed by atoms with Crippen LogP contribution in [0.15, 0.2) is 51.9 Å². The highest BCUT2D eigenvalue weighted by Gasteiger charge is 2.35. The molecule has 9 heteroatoms. The largest absolute Gasteiger partial charge is 0.468 e. The van der Waals surface area contributed by atoms with Gasteiger partial charge in [0.2, 0.25) is 0 Å². The van der Waals surface area contributed by atoms with E-state index in [1.54, 1.807) is 6.26 Å². The van der Waals surface area contributed by atoms with Gasteiger partial charge in [0.1, 0.15) is 11.8 Å². The zero-order valence-electron chi connectivity index (χ0n) is 20.6. The third kappa shape index (κ3) is 4.60. The topological polar surface area (TPSA) is 102 Å². The van der Waals surface area contributed by atoms with Crippen molar-refractivity contribution in [3.63, 3.8) is 0 Å². The Kier molecular flexibility index (Phi) is 6.41. The minimum Gasteiger partial charge on any atom is -0.468 e. The zero-order chi connectivity index (χ0) is 24.5. The quantitative estimate of drug-likeness (QED) is 0.394. The van der Waals surface area contributed by atoms with Crippen LogP contribution < -0.4 is 5.56 Å². The van der Waals surface area contributed by atoms with E-state index in [1.165, 1.54) is 0 Å². The van der Waals surface area contributed by atoms with Crippen molar-refractivity contribution in [1.29, 1.82) is 0 Å². The van der Waals surface area contributed by atoms with Gasteiger partial charge in [-0.2, -0.15) is 0 Å². The molecule has 6 rings (SSSR count). The highest BCUT2D eigenvalue weighted by atomic mass is 16.5. The number of aromatic nitrogens is 5. The Bertz CT molecular complexity index is 1370. The highest BCUT2D eigenvalue weighted by molar-refractivity contribution is 5.79. The maximum absolute atomic E-state index is 13.6. The van der Waals surface area contributed by atoms with Crippen molar-refractivity contribution in [1.82, 2.24) is 30.1 Å². The average molecular weight is 489 g/mol. The Balaban J connectivity index is 1.50. The predicted molar refractivity (Wildman–Crippen MR) is 135 cm³/mol. The molecule has 2 aliphatic rings. The predicted octanol–water partition coefficient (Wildman–Crippen LogP) is 4.30. The number of ether oxygens (including phenoxy) is 1. The number of aryl methyl sites for hydroxylation is 1. The van der Waals surface area contributed by atoms with Gasteiger partial charge in [-0.25, -0.2) is 4.68 Å². The second-order valence-corrected chi connectivity index (χ2v) is 10.1. The van der Waals surface area contributed by atoms with E-state index < -0.39 is 6.04 Å². The second-order valence-electron chi connectivity index (χ2n) is 10.1. The second kappa shape index (κ2) is 9.99. The van der Waals surface area contributed by atoms with Crippen LogP contribution in [-0.2, 0) is 11.3 Å². The summed E-state index contributed by atoms with van der Waals surface area (Å²) < 4.78 is 13.7. The lowest BCUT2D eigenvalue weighted by molar-refractivity contribution is 0.0541. The first kappa shape index (κ1) is 23.1. The summed E-state index contributed by atoms with van der Waals surface area (Å²) in [6, 6.07) is 11.8. The van der Waals surface area contributed by atoms with Crippen LogP contribution in [0.25, 0.3) is 10.9 Å². The van der Waals surface area contributed by atoms with Crippen molar-refractivity contribution < 1.29 is 9.15 Å². The molecule has 1 aliphatic heterocycles. The van der Waals surface area contributed by atoms with Crippen molar-refractivity contribution in [2.75, 3.05) is 13.2 Å². The number of H-pyrrole nitrogens is 1. The minimum atomic E-state index is -0.454. The Labute approximate surface area is 209 Å². The van der Waals surface area contributed by atoms with E-state index in [0.29, 0.717) is 24.5 Å². The van der Waals surface area contributed by atoms with Gasteiger partial charge >= 0.3 is 0 Å². The van der Waals surface area contributed by atoms with Gasteiger partial charge in [0.25, 0.3) is 5.56 Å². The van der Waals surface area contributed by atoms with Gasteiger partial charge in [-0.1, -0.05) is 25.0 Å². The molecule has 3 aromatic heterocycles. The zero-order valence-corrected chi connectivity index (χ0v) is 20.6. The summed E-state index contributed by atoms with van der Waals surface area (Å²) in [4.78, 5) is 19.0. The molecule has 1 aliphatic carbocycles. The van der Waals surface area contributed by atoms with Crippen LogP contribution in [0.3, 0.4) is 0 Å². The molecule has 1 N–H and O–H groups in total. The van der Waals surface area contributed by atoms with E-state index in [0.717, 1.165) is 67.4 Å². The highest BCUT2D eigenvalue weighted by Crippen LogP contribution is 2.35. The summed E-state index contributed by atoms with van der Waals surface area (Å²) in [6.07, 6.45) is 8.21. The number of fused-ring (bicyclic) bond motifs is 1. The van der Waals surface area contributed by atoms with Crippen LogP contribution in [0.2, 0.25) is 0 Å². The van der Waals surface area contributed by atoms with E-state index >= 15 is 0 Å². The fourth-order valence-corrected chi connectivity index (χ4v) is 5.74. The number of rotatable bonds is 8. The van der Waals surface area contributed by atoms with Crippen LogP contribution in [0, 0.1) is 6.92 Å². The van der Waals surface area contributed by atoms with Crippen LogP contribution in [0.5, 0.6) is 0 Å². The first-order valence-corrected chi connectivity index (χ1v) is 12.9. The molecule has 2 fully saturated rings. The molecule has 2 unspecified atom stereocenters. The van der Waals surface area contributed by atoms with Crippen molar-refractivity contribution in [2.45, 2.75) is 70.2 Å². The van der Waals surface area contributed by atoms with Gasteiger partial charge in [0.05, 0.1) is 25.0 Å². The molecule has 2 atom stereocenters. The lowest BCUT2D eigenvalue weighted by atomic mass is 10.0. The number of nitrogens with zero attached hydrogens (tertiary/aromatic N) is 5. The lowest BCUT2D eigenvalue weighted by Gasteiger charge is -2.32. The number of hydrogen-bond donors (Lipinski definition) is 1. The van der Waals surface area contributed by atoms with E-state index in [4.69, 9.17) is 9.15 Å². The SMILES string of the molecule is Cc1ccc2cc(C(c3nnnn3C3CCCC3)N(Cc3ccco3)CC3CCCO3)c(=O)[nH]c2c1. The summed E-state index contributed by atoms with van der Waals surface area (Å²) in [5, 5.41) is 14.0. The molecule has 1 saturated carbocycles. The number of furan rings is 1. The molecule has 0 amide bonds. The number of tetrazole rings is 1. The van der Waals surface area contributed by atoms with Crippen molar-refractivity contribution >= 4 is 10.9 Å². The van der Waals surface area contributed by atoms with E-state index in [-0.39, 0.29) is 17.7 Å². The average Bonchev–Trinajstić information content (AvgIpc) is 3.68. The van der Waals surface area contributed by atoms with Crippen molar-refractivity contribution in [3.8, 4) is 0 Å². The molecular weight excluding hydrogens is 456 g/mol. The molecule has 188 valence electrons. The number of benzene rings is 1. The van der Waals surface area contributed by atoms with Gasteiger partial charge in [0, 0.05) is 24.2 Å². The first-order chi connectivity index (χ1) is 17.7. The fourth-order valence-electron chi connectivity index (χ4n) is 5.74. The standard InChI is InChI=1S/C27H32N6O3/c1-18-10-11-19-15-23(27(34)28-24(19)14-18)25(26-29-30-31-33(26)20-6-2-3-7-20)32(16-21-8-4-12-35-21)17-22-9-5-13-36-22/h4,8,10-12,14-15,20,22,25H,2-3,5-7,9,13,16-17H2,1H3,(H,28,34). The first-order valence-electron chi connectivity index (χ1n) is 12.9. The molecule has 9 nitrogen and oxygen atoms in total. The fraction of sp³-hybridized carbons (Fsp3) is 0.481. The van der Waals surface area contributed by atoms with Crippen LogP contribution in [0.4, 0.5) is 0 Å². The van der Waals surface area contributed by atoms with Gasteiger partial charge in [-0.15, -0.1) is 5.10 Å². The Morgan fingerprint density at radius 3 is 2.83 bits per heavy atom. The maximum Gasteiger partial charge on any atom is 0.253 e. The van der Waals surface area contributed by atoms with Crippen LogP contribution >= 0.6 is 0 Å². The van der Waals surface area contributed by atoms with Crippen LogP contribution in [0.1, 0.15) is 73.3 Å². The molecule has 1 aromatic carbocycles. The number of hydrogen-bond acceptors (Lipinski definition) is 7. The Hall–Kier alpha value is -3.30. The molecule has 0 spiro atoms. The monoisotopic (exact) mass is 488 g/mol. The smallest absolute Gasteiger partial charge is 0.253 e. The van der Waals surface area contributed by atoms with Gasteiger partial charge in [-0.3, -0.25) is 9.69 Å². The Morgan fingerprint density at radius 1 is 1.17 bits per heavy atom. The molecular formula is C27H32N6O3. The van der Waals surface area contributed by atoms with E-state index in [9.17, 15) is 4.79 Å². The van der Waals surface area contributed by atoms with Gasteiger partial charge in [-0.05, 0) is 78.2 Å². The maximum atomic E-state index is 13.6. The number of nitrogens with one attached hydrogen (secondary N) is 1. The number of pyridine rings is 1. The molecule has 0 radical (unpaired) electrons. The third-order valence-electron chi connectivity index (χ3n) is 7.52. The summed E-state index contributed by atoms with van der Waals surface area (Å²) >= 11 is 0. The summed E-state index contributed by atoms with van der Waals surface area (Å²) in [5.41, 5.74) is 2.43. The molecule has 36 heavy (non-hydrogen) atoms. The van der Waals surface area contributed by atoms with Crippen molar-refractivity contribution in [3.05, 3.63) is 75.7 Å². The van der Waals surface area contributed by atoms with Gasteiger partial charge < -0.3 is 14.1 Å². The summed E-state index contributed by atoms with van der Waals surface area (Å²) in [7, 11) is 0. The van der Waals surface area contributed by atoms with Gasteiger partial charge in [0.15, 0.2) is 5.82 Å². The lowest BCUT2D eigenvalue weighted by Crippen LogP contribution is -2.39. The Morgan fingerprint density at radius 2 is 2.06 bits per heavy atom.